The van der Waals surface area contributed by atoms with Crippen molar-refractivity contribution in [3.8, 4) is 17.2 Å². The molecule has 29 heavy (non-hydrogen) atoms. The second-order valence-corrected chi connectivity index (χ2v) is 7.01. The van der Waals surface area contributed by atoms with Crippen LogP contribution >= 0.6 is 0 Å². The highest BCUT2D eigenvalue weighted by atomic mass is 16.5. The summed E-state index contributed by atoms with van der Waals surface area (Å²) < 4.78 is 17.0. The summed E-state index contributed by atoms with van der Waals surface area (Å²) in [5.41, 5.74) is 1.89. The summed E-state index contributed by atoms with van der Waals surface area (Å²) in [4.78, 5) is 12.8. The maximum atomic E-state index is 11.1. The molecular weight excluding hydrogens is 372 g/mol. The highest BCUT2D eigenvalue weighted by molar-refractivity contribution is 5.81. The second-order valence-electron chi connectivity index (χ2n) is 7.01. The lowest BCUT2D eigenvalue weighted by Crippen LogP contribution is -2.36. The van der Waals surface area contributed by atoms with Gasteiger partial charge in [-0.25, -0.2) is 0 Å². The van der Waals surface area contributed by atoms with Crippen LogP contribution in [0.5, 0.6) is 17.2 Å². The van der Waals surface area contributed by atoms with Crippen LogP contribution in [0, 0.1) is 0 Å². The molecule has 0 fully saturated rings. The smallest absolute Gasteiger partial charge is 0.214 e. The van der Waals surface area contributed by atoms with E-state index in [-0.39, 0.29) is 12.7 Å². The Morgan fingerprint density at radius 3 is 2.66 bits per heavy atom. The van der Waals surface area contributed by atoms with Gasteiger partial charge in [0.1, 0.15) is 24.6 Å². The Morgan fingerprint density at radius 1 is 1.14 bits per heavy atom. The summed E-state index contributed by atoms with van der Waals surface area (Å²) in [5, 5.41) is 13.4. The van der Waals surface area contributed by atoms with Gasteiger partial charge >= 0.3 is 0 Å². The van der Waals surface area contributed by atoms with E-state index in [9.17, 15) is 9.90 Å². The van der Waals surface area contributed by atoms with Crippen molar-refractivity contribution < 1.29 is 24.1 Å². The highest BCUT2D eigenvalue weighted by Gasteiger charge is 2.22. The molecule has 0 bridgehead atoms. The van der Waals surface area contributed by atoms with Crippen LogP contribution in [0.3, 0.4) is 0 Å². The summed E-state index contributed by atoms with van der Waals surface area (Å²) in [6.45, 7) is 3.74. The van der Waals surface area contributed by atoms with Gasteiger partial charge in [0.25, 0.3) is 0 Å². The Balaban J connectivity index is 1.41. The zero-order chi connectivity index (χ0) is 20.6. The number of nitrogens with zero attached hydrogens (tertiary/aromatic N) is 1. The number of fused-ring (bicyclic) bond motifs is 1. The molecule has 0 spiro atoms. The van der Waals surface area contributed by atoms with Gasteiger partial charge in [0.15, 0.2) is 11.5 Å². The first-order valence-corrected chi connectivity index (χ1v) is 9.77. The van der Waals surface area contributed by atoms with Gasteiger partial charge in [-0.05, 0) is 37.6 Å². The topological polar surface area (TPSA) is 80.3 Å². The summed E-state index contributed by atoms with van der Waals surface area (Å²) in [6, 6.07) is 13.1. The first kappa shape index (κ1) is 21.0. The fraction of sp³-hybridized carbons (Fsp3) is 0.409. The van der Waals surface area contributed by atoms with Gasteiger partial charge in [0.05, 0.1) is 12.8 Å². The number of carbonyl (C=O) groups is 1. The first-order chi connectivity index (χ1) is 14.1. The average Bonchev–Trinajstić information content (AvgIpc) is 3.16. The Hall–Kier alpha value is -2.77. The summed E-state index contributed by atoms with van der Waals surface area (Å²) in [6.07, 6.45) is 0.845. The number of para-hydroxylation sites is 2. The van der Waals surface area contributed by atoms with Crippen molar-refractivity contribution in [2.75, 3.05) is 38.3 Å². The fourth-order valence-electron chi connectivity index (χ4n) is 3.34. The van der Waals surface area contributed by atoms with Crippen molar-refractivity contribution in [3.63, 3.8) is 0 Å². The highest BCUT2D eigenvalue weighted by Crippen LogP contribution is 2.34. The Morgan fingerprint density at radius 2 is 1.90 bits per heavy atom. The number of aliphatic hydroxyl groups excluding tert-OH is 1. The molecule has 2 N–H and O–H groups in total. The van der Waals surface area contributed by atoms with Crippen LogP contribution in [-0.2, 0) is 11.2 Å². The monoisotopic (exact) mass is 400 g/mol. The summed E-state index contributed by atoms with van der Waals surface area (Å²) >= 11 is 0. The lowest BCUT2D eigenvalue weighted by molar-refractivity contribution is -0.107. The number of anilines is 1. The molecule has 2 atom stereocenters. The number of nitrogens with one attached hydrogen (secondary N) is 1. The van der Waals surface area contributed by atoms with E-state index < -0.39 is 6.10 Å². The van der Waals surface area contributed by atoms with E-state index in [0.29, 0.717) is 31.1 Å². The van der Waals surface area contributed by atoms with Crippen LogP contribution in [0.1, 0.15) is 12.5 Å². The molecule has 3 rings (SSSR count). The number of carbonyl (C=O) groups excluding carboxylic acids is 1. The van der Waals surface area contributed by atoms with Crippen LogP contribution < -0.4 is 24.4 Å². The third-order valence-electron chi connectivity index (χ3n) is 4.79. The quantitative estimate of drug-likeness (QED) is 0.562. The Labute approximate surface area is 171 Å². The van der Waals surface area contributed by atoms with Gasteiger partial charge in [-0.1, -0.05) is 18.2 Å². The number of aliphatic hydroxyl groups is 1. The van der Waals surface area contributed by atoms with Crippen molar-refractivity contribution in [3.05, 3.63) is 48.0 Å². The number of hydrogen-bond donors (Lipinski definition) is 2. The number of rotatable bonds is 11. The zero-order valence-electron chi connectivity index (χ0n) is 16.8. The minimum atomic E-state index is -0.659. The number of benzene rings is 2. The molecule has 2 unspecified atom stereocenters. The summed E-state index contributed by atoms with van der Waals surface area (Å²) in [7, 11) is 1.61. The van der Waals surface area contributed by atoms with Gasteiger partial charge in [0, 0.05) is 25.2 Å². The van der Waals surface area contributed by atoms with E-state index in [2.05, 4.69) is 5.32 Å². The van der Waals surface area contributed by atoms with Gasteiger partial charge in [0.2, 0.25) is 6.41 Å². The van der Waals surface area contributed by atoms with Crippen molar-refractivity contribution in [1.82, 2.24) is 5.32 Å². The van der Waals surface area contributed by atoms with Gasteiger partial charge in [-0.2, -0.15) is 0 Å². The van der Waals surface area contributed by atoms with Crippen LogP contribution in [0.25, 0.3) is 0 Å². The van der Waals surface area contributed by atoms with Crippen molar-refractivity contribution in [2.24, 2.45) is 0 Å². The fourth-order valence-corrected chi connectivity index (χ4v) is 3.34. The molecule has 0 aromatic heterocycles. The van der Waals surface area contributed by atoms with Crippen molar-refractivity contribution in [2.45, 2.75) is 25.6 Å². The molecule has 1 aliphatic rings. The lowest BCUT2D eigenvalue weighted by Gasteiger charge is -2.19. The molecule has 0 radical (unpaired) electrons. The normalized spacial score (nSPS) is 14.8. The van der Waals surface area contributed by atoms with Crippen LogP contribution in [0.4, 0.5) is 5.69 Å². The Kier molecular flexibility index (Phi) is 7.32. The van der Waals surface area contributed by atoms with E-state index in [1.165, 1.54) is 0 Å². The third-order valence-corrected chi connectivity index (χ3v) is 4.79. The van der Waals surface area contributed by atoms with Crippen LogP contribution in [0.15, 0.2) is 42.5 Å². The molecule has 1 amide bonds. The van der Waals surface area contributed by atoms with Gasteiger partial charge in [-0.3, -0.25) is 4.79 Å². The molecule has 0 aliphatic carbocycles. The predicted octanol–water partition coefficient (Wildman–Crippen LogP) is 2.01. The molecule has 0 saturated carbocycles. The van der Waals surface area contributed by atoms with Crippen LogP contribution in [-0.4, -0.2) is 57.1 Å². The minimum absolute atomic E-state index is 0.0915. The standard InChI is InChI=1S/C22H28N2O5/c1-16(29-22-8-4-3-7-21(22)27-2)12-23-13-17(26)14-28-20-9-5-6-19-18(20)10-11-24(19)15-25/h3-9,15-17,23,26H,10-14H2,1-2H3. The van der Waals surface area contributed by atoms with E-state index in [0.717, 1.165) is 29.8 Å². The van der Waals surface area contributed by atoms with E-state index >= 15 is 0 Å². The number of hydrogen-bond acceptors (Lipinski definition) is 6. The minimum Gasteiger partial charge on any atom is -0.493 e. The van der Waals surface area contributed by atoms with E-state index in [4.69, 9.17) is 14.2 Å². The van der Waals surface area contributed by atoms with Crippen LogP contribution in [0.2, 0.25) is 0 Å². The molecule has 1 aliphatic heterocycles. The largest absolute Gasteiger partial charge is 0.493 e. The molecular formula is C22H28N2O5. The maximum Gasteiger partial charge on any atom is 0.214 e. The molecule has 7 heteroatoms. The zero-order valence-corrected chi connectivity index (χ0v) is 16.8. The van der Waals surface area contributed by atoms with E-state index in [1.807, 2.05) is 49.4 Å². The number of ether oxygens (including phenoxy) is 3. The predicted molar refractivity (Wildman–Crippen MR) is 111 cm³/mol. The molecule has 1 heterocycles. The van der Waals surface area contributed by atoms with Crippen molar-refractivity contribution in [1.29, 1.82) is 0 Å². The lowest BCUT2D eigenvalue weighted by atomic mass is 10.1. The molecule has 7 nitrogen and oxygen atoms in total. The molecule has 2 aromatic carbocycles. The molecule has 156 valence electrons. The molecule has 2 aromatic rings. The maximum absolute atomic E-state index is 11.1. The van der Waals surface area contributed by atoms with Gasteiger partial charge < -0.3 is 29.5 Å². The second kappa shape index (κ2) is 10.1. The van der Waals surface area contributed by atoms with E-state index in [1.54, 1.807) is 12.0 Å². The van der Waals surface area contributed by atoms with Crippen molar-refractivity contribution >= 4 is 12.1 Å². The molecule has 0 saturated heterocycles. The average molecular weight is 400 g/mol. The first-order valence-electron chi connectivity index (χ1n) is 9.77. The number of methoxy groups -OCH3 is 1. The number of amides is 1. The third kappa shape index (κ3) is 5.40. The Bertz CT molecular complexity index is 814. The van der Waals surface area contributed by atoms with Gasteiger partial charge in [-0.15, -0.1) is 0 Å². The summed E-state index contributed by atoms with van der Waals surface area (Å²) in [5.74, 6) is 2.10. The SMILES string of the molecule is COc1ccccc1OC(C)CNCC(O)COc1cccc2c1CCN2C=O.